The Morgan fingerprint density at radius 3 is 1.83 bits per heavy atom. The normalized spacial score (nSPS) is 11.0. The summed E-state index contributed by atoms with van der Waals surface area (Å²) in [5.41, 5.74) is 2.25. The van der Waals surface area contributed by atoms with Gasteiger partial charge in [-0.25, -0.2) is 0 Å². The van der Waals surface area contributed by atoms with Crippen molar-refractivity contribution < 1.29 is 4.74 Å². The predicted molar refractivity (Wildman–Crippen MR) is 130 cm³/mol. The molecular formula is C27H38OSn. The van der Waals surface area contributed by atoms with Gasteiger partial charge in [-0.15, -0.1) is 0 Å². The summed E-state index contributed by atoms with van der Waals surface area (Å²) in [6.45, 7) is 6.99. The van der Waals surface area contributed by atoms with Crippen molar-refractivity contribution in [1.29, 1.82) is 0 Å². The quantitative estimate of drug-likeness (QED) is 0.237. The molecule has 0 unspecified atom stereocenters. The maximum absolute atomic E-state index is 5.81. The molecule has 0 aromatic heterocycles. The van der Waals surface area contributed by atoms with E-state index >= 15 is 0 Å². The van der Waals surface area contributed by atoms with Crippen molar-refractivity contribution in [3.05, 3.63) is 59.7 Å². The van der Waals surface area contributed by atoms with Crippen LogP contribution in [-0.2, 0) is 0 Å². The third kappa shape index (κ3) is 6.81. The van der Waals surface area contributed by atoms with Crippen molar-refractivity contribution in [2.24, 2.45) is 0 Å². The third-order valence-electron chi connectivity index (χ3n) is 5.95. The van der Waals surface area contributed by atoms with Crippen LogP contribution >= 0.6 is 0 Å². The summed E-state index contributed by atoms with van der Waals surface area (Å²) in [5.74, 6) is 7.94. The number of hydrogen-bond donors (Lipinski definition) is 0. The topological polar surface area (TPSA) is 9.23 Å². The van der Waals surface area contributed by atoms with Crippen molar-refractivity contribution in [2.45, 2.75) is 72.6 Å². The number of benzene rings is 2. The van der Waals surface area contributed by atoms with Crippen LogP contribution < -0.4 is 8.32 Å². The van der Waals surface area contributed by atoms with E-state index in [2.05, 4.69) is 75.1 Å². The van der Waals surface area contributed by atoms with Gasteiger partial charge in [-0.1, -0.05) is 0 Å². The Morgan fingerprint density at radius 1 is 0.724 bits per heavy atom. The molecule has 2 aromatic rings. The Labute approximate surface area is 183 Å². The molecule has 0 heterocycles. The van der Waals surface area contributed by atoms with E-state index in [1.807, 2.05) is 6.07 Å². The number of rotatable bonds is 11. The average Bonchev–Trinajstić information content (AvgIpc) is 2.78. The molecule has 2 heteroatoms. The summed E-state index contributed by atoms with van der Waals surface area (Å²) in [4.78, 5) is 0. The molecule has 0 saturated carbocycles. The Bertz CT molecular complexity index is 763. The SMILES string of the molecule is CCC[CH2][Sn]([CH2]CCC)([CH2]CCC)[c]1cccc(OC)c1C#Cc1ccccc1. The molecule has 0 atom stereocenters. The molecule has 0 aliphatic heterocycles. The van der Waals surface area contributed by atoms with Crippen LogP contribution in [0.4, 0.5) is 0 Å². The van der Waals surface area contributed by atoms with E-state index in [0.29, 0.717) is 0 Å². The number of methoxy groups -OCH3 is 1. The minimum atomic E-state index is -2.59. The number of unbranched alkanes of at least 4 members (excludes halogenated alkanes) is 3. The van der Waals surface area contributed by atoms with Crippen LogP contribution in [0, 0.1) is 11.8 Å². The summed E-state index contributed by atoms with van der Waals surface area (Å²) < 4.78 is 11.8. The van der Waals surface area contributed by atoms with Crippen molar-refractivity contribution in [2.75, 3.05) is 7.11 Å². The summed E-state index contributed by atoms with van der Waals surface area (Å²) in [5, 5.41) is 0. The van der Waals surface area contributed by atoms with Gasteiger partial charge in [0.2, 0.25) is 0 Å². The molecule has 2 rings (SSSR count). The van der Waals surface area contributed by atoms with Crippen LogP contribution in [0.5, 0.6) is 5.75 Å². The second-order valence-electron chi connectivity index (χ2n) is 8.09. The molecule has 2 aromatic carbocycles. The van der Waals surface area contributed by atoms with Gasteiger partial charge in [0.15, 0.2) is 0 Å². The minimum absolute atomic E-state index is 0.955. The first-order valence-corrected chi connectivity index (χ1v) is 18.9. The van der Waals surface area contributed by atoms with E-state index in [1.54, 1.807) is 10.7 Å². The molecular weight excluding hydrogens is 459 g/mol. The van der Waals surface area contributed by atoms with Gasteiger partial charge in [-0.2, -0.15) is 0 Å². The molecule has 0 spiro atoms. The molecule has 0 amide bonds. The Hall–Kier alpha value is -1.40. The first kappa shape index (κ1) is 23.9. The zero-order valence-electron chi connectivity index (χ0n) is 18.9. The van der Waals surface area contributed by atoms with Gasteiger partial charge in [0.1, 0.15) is 0 Å². The van der Waals surface area contributed by atoms with E-state index in [9.17, 15) is 0 Å². The van der Waals surface area contributed by atoms with Gasteiger partial charge in [0.25, 0.3) is 0 Å². The second kappa shape index (κ2) is 13.0. The predicted octanol–water partition coefficient (Wildman–Crippen LogP) is 7.15. The number of hydrogen-bond acceptors (Lipinski definition) is 1. The molecule has 0 bridgehead atoms. The van der Waals surface area contributed by atoms with Crippen LogP contribution in [0.15, 0.2) is 48.5 Å². The van der Waals surface area contributed by atoms with Gasteiger partial charge >= 0.3 is 184 Å². The monoisotopic (exact) mass is 498 g/mol. The molecule has 0 radical (unpaired) electrons. The van der Waals surface area contributed by atoms with Crippen LogP contribution in [0.25, 0.3) is 0 Å². The van der Waals surface area contributed by atoms with Gasteiger partial charge in [-0.3, -0.25) is 0 Å². The molecule has 0 aliphatic rings. The van der Waals surface area contributed by atoms with Crippen LogP contribution in [0.3, 0.4) is 0 Å². The fourth-order valence-corrected chi connectivity index (χ4v) is 20.8. The fraction of sp³-hybridized carbons (Fsp3) is 0.481. The molecule has 156 valence electrons. The van der Waals surface area contributed by atoms with Crippen LogP contribution in [0.1, 0.15) is 70.4 Å². The summed E-state index contributed by atoms with van der Waals surface area (Å²) >= 11 is -2.59. The van der Waals surface area contributed by atoms with Crippen LogP contribution in [-0.4, -0.2) is 25.5 Å². The van der Waals surface area contributed by atoms with E-state index < -0.39 is 18.4 Å². The summed E-state index contributed by atoms with van der Waals surface area (Å²) in [6, 6.07) is 17.0. The Kier molecular flexibility index (Phi) is 10.7. The third-order valence-corrected chi connectivity index (χ3v) is 21.6. The molecule has 0 saturated heterocycles. The zero-order valence-corrected chi connectivity index (χ0v) is 21.7. The molecule has 0 aliphatic carbocycles. The standard InChI is InChI=1S/C15H11O.3C4H9.Sn/c1-16-15-10-6-5-9-14(15)12-11-13-7-3-2-4-8-13;3*1-3-4-2;/h2-8,10H,1H3;3*1,3-4H2,2H3;. The van der Waals surface area contributed by atoms with Crippen molar-refractivity contribution in [3.63, 3.8) is 0 Å². The summed E-state index contributed by atoms with van der Waals surface area (Å²) in [7, 11) is 1.79. The first-order chi connectivity index (χ1) is 14.2. The van der Waals surface area contributed by atoms with Crippen molar-refractivity contribution in [3.8, 4) is 17.6 Å². The molecule has 0 N–H and O–H groups in total. The molecule has 0 fully saturated rings. The molecule has 29 heavy (non-hydrogen) atoms. The van der Waals surface area contributed by atoms with Crippen molar-refractivity contribution in [1.82, 2.24) is 0 Å². The Morgan fingerprint density at radius 2 is 1.31 bits per heavy atom. The van der Waals surface area contributed by atoms with Crippen molar-refractivity contribution >= 4 is 22.0 Å². The van der Waals surface area contributed by atoms with E-state index in [4.69, 9.17) is 4.74 Å². The van der Waals surface area contributed by atoms with Gasteiger partial charge in [0, 0.05) is 0 Å². The van der Waals surface area contributed by atoms with Gasteiger partial charge < -0.3 is 0 Å². The number of ether oxygens (including phenoxy) is 1. The second-order valence-corrected chi connectivity index (χ2v) is 21.2. The van der Waals surface area contributed by atoms with E-state index in [1.165, 1.54) is 57.4 Å². The summed E-state index contributed by atoms with van der Waals surface area (Å²) in [6.07, 6.45) is 7.91. The Balaban J connectivity index is 2.60. The van der Waals surface area contributed by atoms with E-state index in [-0.39, 0.29) is 0 Å². The van der Waals surface area contributed by atoms with Crippen LogP contribution in [0.2, 0.25) is 13.3 Å². The zero-order chi connectivity index (χ0) is 21.0. The fourth-order valence-electron chi connectivity index (χ4n) is 4.25. The van der Waals surface area contributed by atoms with Gasteiger partial charge in [0.05, 0.1) is 0 Å². The average molecular weight is 497 g/mol. The van der Waals surface area contributed by atoms with Gasteiger partial charge in [-0.05, 0) is 0 Å². The van der Waals surface area contributed by atoms with E-state index in [0.717, 1.165) is 11.3 Å². The molecule has 1 nitrogen and oxygen atoms in total. The first-order valence-electron chi connectivity index (χ1n) is 11.4. The maximum atomic E-state index is 5.81.